The first-order chi connectivity index (χ1) is 5.43. The van der Waals surface area contributed by atoms with Crippen LogP contribution in [0.15, 0.2) is 12.2 Å². The van der Waals surface area contributed by atoms with Crippen molar-refractivity contribution in [3.63, 3.8) is 0 Å². The van der Waals surface area contributed by atoms with Gasteiger partial charge in [-0.2, -0.15) is 0 Å². The lowest BCUT2D eigenvalue weighted by atomic mass is 10.4. The molecular formula is C9H18N2. The molecule has 2 nitrogen and oxygen atoms in total. The van der Waals surface area contributed by atoms with Gasteiger partial charge in [-0.3, -0.25) is 4.90 Å². The molecule has 1 rings (SSSR count). The van der Waals surface area contributed by atoms with Gasteiger partial charge in [-0.1, -0.05) is 12.2 Å². The summed E-state index contributed by atoms with van der Waals surface area (Å²) < 4.78 is 0. The van der Waals surface area contributed by atoms with E-state index in [4.69, 9.17) is 0 Å². The molecule has 0 aliphatic carbocycles. The highest BCUT2D eigenvalue weighted by molar-refractivity contribution is 4.82. The summed E-state index contributed by atoms with van der Waals surface area (Å²) in [6, 6.07) is 0. The minimum Gasteiger partial charge on any atom is -0.315 e. The molecule has 1 fully saturated rings. The summed E-state index contributed by atoms with van der Waals surface area (Å²) in [6.45, 7) is 7.99. The molecule has 0 atom stereocenters. The molecule has 1 saturated heterocycles. The van der Waals surface area contributed by atoms with Crippen molar-refractivity contribution in [2.45, 2.75) is 13.3 Å². The largest absolute Gasteiger partial charge is 0.315 e. The van der Waals surface area contributed by atoms with Gasteiger partial charge in [0, 0.05) is 19.6 Å². The fraction of sp³-hybridized carbons (Fsp3) is 0.778. The molecule has 0 spiro atoms. The van der Waals surface area contributed by atoms with Crippen LogP contribution in [0.25, 0.3) is 0 Å². The summed E-state index contributed by atoms with van der Waals surface area (Å²) in [4.78, 5) is 2.49. The Balaban J connectivity index is 2.19. The van der Waals surface area contributed by atoms with Gasteiger partial charge < -0.3 is 5.32 Å². The van der Waals surface area contributed by atoms with Crippen LogP contribution in [0.2, 0.25) is 0 Å². The summed E-state index contributed by atoms with van der Waals surface area (Å²) in [7, 11) is 0. The molecule has 0 amide bonds. The smallest absolute Gasteiger partial charge is 0.0163 e. The minimum atomic E-state index is 1.12. The van der Waals surface area contributed by atoms with Crippen molar-refractivity contribution in [1.29, 1.82) is 0 Å². The third-order valence-corrected chi connectivity index (χ3v) is 2.03. The Hall–Kier alpha value is -0.340. The normalized spacial score (nSPS) is 22.3. The Bertz CT molecular complexity index is 113. The first-order valence-electron chi connectivity index (χ1n) is 4.47. The molecular weight excluding hydrogens is 136 g/mol. The molecule has 11 heavy (non-hydrogen) atoms. The number of hydrogen-bond acceptors (Lipinski definition) is 2. The van der Waals surface area contributed by atoms with Crippen LogP contribution in [0, 0.1) is 0 Å². The first kappa shape index (κ1) is 8.75. The third-order valence-electron chi connectivity index (χ3n) is 2.03. The summed E-state index contributed by atoms with van der Waals surface area (Å²) in [5.74, 6) is 0. The van der Waals surface area contributed by atoms with Crippen molar-refractivity contribution in [2.24, 2.45) is 0 Å². The predicted molar refractivity (Wildman–Crippen MR) is 48.7 cm³/mol. The molecule has 64 valence electrons. The maximum absolute atomic E-state index is 3.39. The lowest BCUT2D eigenvalue weighted by molar-refractivity contribution is 0.324. The van der Waals surface area contributed by atoms with Crippen LogP contribution in [0.5, 0.6) is 0 Å². The number of allylic oxidation sites excluding steroid dienone is 1. The highest BCUT2D eigenvalue weighted by atomic mass is 15.1. The van der Waals surface area contributed by atoms with Gasteiger partial charge in [-0.05, 0) is 26.4 Å². The second-order valence-corrected chi connectivity index (χ2v) is 2.97. The van der Waals surface area contributed by atoms with Crippen molar-refractivity contribution in [3.8, 4) is 0 Å². The van der Waals surface area contributed by atoms with Crippen molar-refractivity contribution in [1.82, 2.24) is 10.2 Å². The topological polar surface area (TPSA) is 15.3 Å². The number of nitrogens with zero attached hydrogens (tertiary/aromatic N) is 1. The fourth-order valence-corrected chi connectivity index (χ4v) is 1.34. The average molecular weight is 154 g/mol. The van der Waals surface area contributed by atoms with E-state index in [0.717, 1.165) is 13.1 Å². The van der Waals surface area contributed by atoms with E-state index in [1.807, 2.05) is 0 Å². The minimum absolute atomic E-state index is 1.12. The number of hydrogen-bond donors (Lipinski definition) is 1. The van der Waals surface area contributed by atoms with Crippen molar-refractivity contribution in [2.75, 3.05) is 32.7 Å². The van der Waals surface area contributed by atoms with Gasteiger partial charge in [0.25, 0.3) is 0 Å². The fourth-order valence-electron chi connectivity index (χ4n) is 1.34. The van der Waals surface area contributed by atoms with E-state index in [0.29, 0.717) is 0 Å². The Kier molecular flexibility index (Phi) is 4.24. The molecule has 1 aliphatic rings. The van der Waals surface area contributed by atoms with Crippen LogP contribution in [-0.4, -0.2) is 37.6 Å². The Morgan fingerprint density at radius 2 is 2.27 bits per heavy atom. The summed E-state index contributed by atoms with van der Waals surface area (Å²) in [5, 5.41) is 3.39. The number of nitrogens with one attached hydrogen (secondary N) is 1. The van der Waals surface area contributed by atoms with E-state index in [9.17, 15) is 0 Å². The zero-order valence-corrected chi connectivity index (χ0v) is 7.34. The molecule has 2 heteroatoms. The van der Waals surface area contributed by atoms with Gasteiger partial charge in [-0.25, -0.2) is 0 Å². The molecule has 0 aromatic heterocycles. The van der Waals surface area contributed by atoms with Gasteiger partial charge in [0.2, 0.25) is 0 Å². The monoisotopic (exact) mass is 154 g/mol. The van der Waals surface area contributed by atoms with Crippen LogP contribution in [-0.2, 0) is 0 Å². The Morgan fingerprint density at radius 3 is 3.09 bits per heavy atom. The van der Waals surface area contributed by atoms with E-state index in [-0.39, 0.29) is 0 Å². The van der Waals surface area contributed by atoms with E-state index in [1.165, 1.54) is 26.1 Å². The second-order valence-electron chi connectivity index (χ2n) is 2.97. The van der Waals surface area contributed by atoms with Crippen LogP contribution >= 0.6 is 0 Å². The average Bonchev–Trinajstić information content (AvgIpc) is 2.28. The van der Waals surface area contributed by atoms with Gasteiger partial charge >= 0.3 is 0 Å². The molecule has 1 N–H and O–H groups in total. The summed E-state index contributed by atoms with van der Waals surface area (Å²) >= 11 is 0. The highest BCUT2D eigenvalue weighted by Crippen LogP contribution is 1.94. The zero-order valence-electron chi connectivity index (χ0n) is 7.34. The van der Waals surface area contributed by atoms with Crippen LogP contribution in [0.1, 0.15) is 13.3 Å². The molecule has 0 aromatic carbocycles. The molecule has 1 aliphatic heterocycles. The molecule has 0 bridgehead atoms. The van der Waals surface area contributed by atoms with E-state index in [1.54, 1.807) is 0 Å². The molecule has 0 aromatic rings. The van der Waals surface area contributed by atoms with Gasteiger partial charge in [0.15, 0.2) is 0 Å². The second kappa shape index (κ2) is 5.33. The summed E-state index contributed by atoms with van der Waals surface area (Å²) in [6.07, 6.45) is 5.64. The van der Waals surface area contributed by atoms with Crippen LogP contribution < -0.4 is 5.32 Å². The van der Waals surface area contributed by atoms with E-state index in [2.05, 4.69) is 29.3 Å². The van der Waals surface area contributed by atoms with Gasteiger partial charge in [0.1, 0.15) is 0 Å². The highest BCUT2D eigenvalue weighted by Gasteiger charge is 2.05. The van der Waals surface area contributed by atoms with Gasteiger partial charge in [-0.15, -0.1) is 0 Å². The Labute approximate surface area is 69.3 Å². The van der Waals surface area contributed by atoms with Crippen LogP contribution in [0.3, 0.4) is 0 Å². The van der Waals surface area contributed by atoms with E-state index >= 15 is 0 Å². The SMILES string of the molecule is C/C=C/CN1CCCNCC1. The van der Waals surface area contributed by atoms with Crippen molar-refractivity contribution < 1.29 is 0 Å². The zero-order chi connectivity index (χ0) is 7.94. The summed E-state index contributed by atoms with van der Waals surface area (Å²) in [5.41, 5.74) is 0. The predicted octanol–water partition coefficient (Wildman–Crippen LogP) is 0.858. The molecule has 0 radical (unpaired) electrons. The van der Waals surface area contributed by atoms with E-state index < -0.39 is 0 Å². The molecule has 1 heterocycles. The molecule has 0 saturated carbocycles. The van der Waals surface area contributed by atoms with Crippen molar-refractivity contribution >= 4 is 0 Å². The first-order valence-corrected chi connectivity index (χ1v) is 4.47. The van der Waals surface area contributed by atoms with Crippen LogP contribution in [0.4, 0.5) is 0 Å². The third kappa shape index (κ3) is 3.54. The Morgan fingerprint density at radius 1 is 1.36 bits per heavy atom. The number of rotatable bonds is 2. The maximum Gasteiger partial charge on any atom is 0.0163 e. The van der Waals surface area contributed by atoms with Gasteiger partial charge in [0.05, 0.1) is 0 Å². The van der Waals surface area contributed by atoms with Crippen molar-refractivity contribution in [3.05, 3.63) is 12.2 Å². The standard InChI is InChI=1S/C9H18N2/c1-2-3-7-11-8-4-5-10-6-9-11/h2-3,10H,4-9H2,1H3/b3-2+. The quantitative estimate of drug-likeness (QED) is 0.593. The molecule has 0 unspecified atom stereocenters. The lowest BCUT2D eigenvalue weighted by Gasteiger charge is -2.16. The maximum atomic E-state index is 3.39. The lowest BCUT2D eigenvalue weighted by Crippen LogP contribution is -2.28.